The monoisotopic (exact) mass is 147 g/mol. The summed E-state index contributed by atoms with van der Waals surface area (Å²) in [5.74, 6) is 0.921. The summed E-state index contributed by atoms with van der Waals surface area (Å²) in [6, 6.07) is 0.715. The van der Waals surface area contributed by atoms with E-state index in [0.717, 1.165) is 5.92 Å². The Morgan fingerprint density at radius 2 is 2.00 bits per heavy atom. The van der Waals surface area contributed by atoms with Gasteiger partial charge in [0.1, 0.15) is 0 Å². The van der Waals surface area contributed by atoms with Crippen molar-refractivity contribution < 1.29 is 0 Å². The topological polar surface area (TPSA) is 3.24 Å². The SMILES string of the molecule is CC1CCN(CCl)CC1. The summed E-state index contributed by atoms with van der Waals surface area (Å²) in [6.07, 6.45) is 2.65. The normalized spacial score (nSPS) is 24.7. The van der Waals surface area contributed by atoms with Crippen LogP contribution in [0.15, 0.2) is 0 Å². The first-order chi connectivity index (χ1) is 4.33. The molecule has 1 aliphatic rings. The minimum atomic E-state index is 0.715. The van der Waals surface area contributed by atoms with Crippen LogP contribution in [0, 0.1) is 5.92 Å². The maximum absolute atomic E-state index is 5.65. The summed E-state index contributed by atoms with van der Waals surface area (Å²) in [4.78, 5) is 2.29. The molecule has 0 atom stereocenters. The maximum atomic E-state index is 5.65. The highest BCUT2D eigenvalue weighted by Crippen LogP contribution is 2.15. The molecule has 0 unspecified atom stereocenters. The van der Waals surface area contributed by atoms with Crippen molar-refractivity contribution in [1.29, 1.82) is 0 Å². The van der Waals surface area contributed by atoms with Gasteiger partial charge in [0.2, 0.25) is 0 Å². The molecule has 1 rings (SSSR count). The van der Waals surface area contributed by atoms with Gasteiger partial charge in [-0.3, -0.25) is 4.90 Å². The molecule has 0 amide bonds. The summed E-state index contributed by atoms with van der Waals surface area (Å²) < 4.78 is 0. The van der Waals surface area contributed by atoms with Crippen LogP contribution in [0.5, 0.6) is 0 Å². The summed E-state index contributed by atoms with van der Waals surface area (Å²) in [5.41, 5.74) is 0. The molecule has 1 nitrogen and oxygen atoms in total. The van der Waals surface area contributed by atoms with Crippen LogP contribution in [0.25, 0.3) is 0 Å². The number of rotatable bonds is 1. The lowest BCUT2D eigenvalue weighted by molar-refractivity contribution is 0.220. The lowest BCUT2D eigenvalue weighted by atomic mass is 10.00. The van der Waals surface area contributed by atoms with Gasteiger partial charge in [-0.2, -0.15) is 0 Å². The quantitative estimate of drug-likeness (QED) is 0.405. The first-order valence-corrected chi connectivity index (χ1v) is 4.14. The van der Waals surface area contributed by atoms with E-state index in [1.54, 1.807) is 0 Å². The molecule has 0 spiro atoms. The molecule has 1 heterocycles. The molecule has 0 aromatic rings. The number of hydrogen-bond acceptors (Lipinski definition) is 1. The maximum Gasteiger partial charge on any atom is 0.0738 e. The van der Waals surface area contributed by atoms with Crippen molar-refractivity contribution in [1.82, 2.24) is 4.90 Å². The van der Waals surface area contributed by atoms with Gasteiger partial charge in [-0.25, -0.2) is 0 Å². The number of halogens is 1. The Bertz CT molecular complexity index is 77.0. The highest BCUT2D eigenvalue weighted by atomic mass is 35.5. The number of likely N-dealkylation sites (tertiary alicyclic amines) is 1. The highest BCUT2D eigenvalue weighted by molar-refractivity contribution is 6.17. The molecule has 0 aromatic heterocycles. The highest BCUT2D eigenvalue weighted by Gasteiger charge is 2.13. The molecule has 54 valence electrons. The van der Waals surface area contributed by atoms with Crippen molar-refractivity contribution in [2.24, 2.45) is 5.92 Å². The molecular weight excluding hydrogens is 134 g/mol. The van der Waals surface area contributed by atoms with E-state index < -0.39 is 0 Å². The fourth-order valence-electron chi connectivity index (χ4n) is 1.18. The number of hydrogen-bond donors (Lipinski definition) is 0. The third-order valence-electron chi connectivity index (χ3n) is 2.05. The van der Waals surface area contributed by atoms with Gasteiger partial charge in [-0.1, -0.05) is 6.92 Å². The Morgan fingerprint density at radius 1 is 1.44 bits per heavy atom. The predicted molar refractivity (Wildman–Crippen MR) is 40.7 cm³/mol. The smallest absolute Gasteiger partial charge is 0.0738 e. The zero-order chi connectivity index (χ0) is 6.69. The van der Waals surface area contributed by atoms with Crippen molar-refractivity contribution >= 4 is 11.6 Å². The van der Waals surface area contributed by atoms with Gasteiger partial charge in [0, 0.05) is 0 Å². The molecule has 2 heteroatoms. The fourth-order valence-corrected chi connectivity index (χ4v) is 1.42. The average molecular weight is 148 g/mol. The molecule has 0 radical (unpaired) electrons. The number of piperidine rings is 1. The Morgan fingerprint density at radius 3 is 2.44 bits per heavy atom. The molecule has 9 heavy (non-hydrogen) atoms. The second-order valence-electron chi connectivity index (χ2n) is 2.92. The van der Waals surface area contributed by atoms with Crippen LogP contribution in [0.4, 0.5) is 0 Å². The van der Waals surface area contributed by atoms with Gasteiger partial charge in [0.15, 0.2) is 0 Å². The molecule has 0 aliphatic carbocycles. The zero-order valence-corrected chi connectivity index (χ0v) is 6.69. The van der Waals surface area contributed by atoms with Gasteiger partial charge in [0.25, 0.3) is 0 Å². The molecule has 1 fully saturated rings. The van der Waals surface area contributed by atoms with Crippen LogP contribution in [-0.2, 0) is 0 Å². The summed E-state index contributed by atoms with van der Waals surface area (Å²) in [6.45, 7) is 4.71. The first-order valence-electron chi connectivity index (χ1n) is 3.61. The summed E-state index contributed by atoms with van der Waals surface area (Å²) in [7, 11) is 0. The van der Waals surface area contributed by atoms with Crippen LogP contribution in [0.3, 0.4) is 0 Å². The molecular formula is C7H14ClN. The first kappa shape index (κ1) is 7.36. The summed E-state index contributed by atoms with van der Waals surface area (Å²) >= 11 is 5.65. The second-order valence-corrected chi connectivity index (χ2v) is 3.16. The lowest BCUT2D eigenvalue weighted by Gasteiger charge is -2.27. The standard InChI is InChI=1S/C7H14ClN/c1-7-2-4-9(6-8)5-3-7/h7H,2-6H2,1H3. The minimum absolute atomic E-state index is 0.715. The largest absolute Gasteiger partial charge is 0.290 e. The predicted octanol–water partition coefficient (Wildman–Crippen LogP) is 1.91. The Hall–Kier alpha value is 0.250. The number of alkyl halides is 1. The van der Waals surface area contributed by atoms with Crippen LogP contribution in [0.2, 0.25) is 0 Å². The van der Waals surface area contributed by atoms with Gasteiger partial charge in [-0.05, 0) is 31.8 Å². The molecule has 1 saturated heterocycles. The second kappa shape index (κ2) is 3.43. The van der Waals surface area contributed by atoms with Gasteiger partial charge in [0.05, 0.1) is 6.00 Å². The van der Waals surface area contributed by atoms with Crippen LogP contribution in [0.1, 0.15) is 19.8 Å². The Kier molecular flexibility index (Phi) is 2.80. The Labute approximate surface area is 62.0 Å². The molecule has 0 bridgehead atoms. The van der Waals surface area contributed by atoms with Gasteiger partial charge >= 0.3 is 0 Å². The van der Waals surface area contributed by atoms with E-state index in [9.17, 15) is 0 Å². The molecule has 0 saturated carbocycles. The third kappa shape index (κ3) is 2.15. The van der Waals surface area contributed by atoms with Crippen molar-refractivity contribution in [2.75, 3.05) is 19.1 Å². The third-order valence-corrected chi connectivity index (χ3v) is 2.38. The summed E-state index contributed by atoms with van der Waals surface area (Å²) in [5, 5.41) is 0. The van der Waals surface area contributed by atoms with Gasteiger partial charge < -0.3 is 0 Å². The van der Waals surface area contributed by atoms with E-state index in [1.807, 2.05) is 0 Å². The van der Waals surface area contributed by atoms with Crippen LogP contribution >= 0.6 is 11.6 Å². The van der Waals surface area contributed by atoms with E-state index in [-0.39, 0.29) is 0 Å². The van der Waals surface area contributed by atoms with E-state index in [1.165, 1.54) is 25.9 Å². The van der Waals surface area contributed by atoms with Crippen molar-refractivity contribution in [2.45, 2.75) is 19.8 Å². The zero-order valence-electron chi connectivity index (χ0n) is 5.94. The van der Waals surface area contributed by atoms with E-state index in [4.69, 9.17) is 11.6 Å². The fraction of sp³-hybridized carbons (Fsp3) is 1.00. The van der Waals surface area contributed by atoms with Gasteiger partial charge in [-0.15, -0.1) is 11.6 Å². The van der Waals surface area contributed by atoms with Crippen LogP contribution < -0.4 is 0 Å². The number of nitrogens with zero attached hydrogens (tertiary/aromatic N) is 1. The van der Waals surface area contributed by atoms with Crippen molar-refractivity contribution in [3.63, 3.8) is 0 Å². The molecule has 0 N–H and O–H groups in total. The molecule has 1 aliphatic heterocycles. The average Bonchev–Trinajstić information content (AvgIpc) is 1.90. The lowest BCUT2D eigenvalue weighted by Crippen LogP contribution is -2.31. The van der Waals surface area contributed by atoms with E-state index >= 15 is 0 Å². The van der Waals surface area contributed by atoms with E-state index in [2.05, 4.69) is 11.8 Å². The van der Waals surface area contributed by atoms with Crippen molar-refractivity contribution in [3.05, 3.63) is 0 Å². The Balaban J connectivity index is 2.18. The van der Waals surface area contributed by atoms with Crippen molar-refractivity contribution in [3.8, 4) is 0 Å². The van der Waals surface area contributed by atoms with Crippen LogP contribution in [-0.4, -0.2) is 24.0 Å². The minimum Gasteiger partial charge on any atom is -0.290 e. The molecule has 0 aromatic carbocycles. The van der Waals surface area contributed by atoms with E-state index in [0.29, 0.717) is 6.00 Å².